The topological polar surface area (TPSA) is 96.8 Å². The lowest BCUT2D eigenvalue weighted by molar-refractivity contribution is -0.116. The Kier molecular flexibility index (Phi) is 5.38. The summed E-state index contributed by atoms with van der Waals surface area (Å²) in [5.41, 5.74) is 2.97. The van der Waals surface area contributed by atoms with Crippen LogP contribution in [0.3, 0.4) is 0 Å². The van der Waals surface area contributed by atoms with Gasteiger partial charge in [-0.25, -0.2) is 4.79 Å². The molecule has 0 spiro atoms. The number of piperidine rings is 1. The van der Waals surface area contributed by atoms with Crippen LogP contribution in [0.5, 0.6) is 11.5 Å². The van der Waals surface area contributed by atoms with Crippen molar-refractivity contribution in [1.29, 1.82) is 0 Å². The molecule has 0 aliphatic carbocycles. The van der Waals surface area contributed by atoms with E-state index in [0.717, 1.165) is 50.4 Å². The molecule has 0 bridgehead atoms. The monoisotopic (exact) mass is 423 g/mol. The van der Waals surface area contributed by atoms with Crippen LogP contribution >= 0.6 is 0 Å². The van der Waals surface area contributed by atoms with Crippen molar-refractivity contribution in [3.05, 3.63) is 52.5 Å². The molecule has 2 aliphatic rings. The van der Waals surface area contributed by atoms with E-state index in [1.165, 1.54) is 5.56 Å². The van der Waals surface area contributed by atoms with Crippen molar-refractivity contribution in [2.45, 2.75) is 25.7 Å². The number of likely N-dealkylation sites (tertiary alicyclic amines) is 1. The molecule has 3 heterocycles. The summed E-state index contributed by atoms with van der Waals surface area (Å²) >= 11 is 0. The minimum absolute atomic E-state index is 0.0419. The molecule has 8 heteroatoms. The maximum Gasteiger partial charge on any atom is 0.417 e. The van der Waals surface area contributed by atoms with Crippen molar-refractivity contribution in [3.8, 4) is 11.5 Å². The van der Waals surface area contributed by atoms with E-state index in [2.05, 4.69) is 27.3 Å². The van der Waals surface area contributed by atoms with Gasteiger partial charge in [0.05, 0.1) is 5.52 Å². The normalized spacial score (nSPS) is 16.6. The van der Waals surface area contributed by atoms with Crippen LogP contribution < -0.4 is 20.5 Å². The lowest BCUT2D eigenvalue weighted by Crippen LogP contribution is -2.36. The Bertz CT molecular complexity index is 1140. The van der Waals surface area contributed by atoms with Crippen LogP contribution in [0.25, 0.3) is 11.1 Å². The van der Waals surface area contributed by atoms with Gasteiger partial charge in [0.25, 0.3) is 0 Å². The number of fused-ring (bicyclic) bond motifs is 2. The molecule has 3 aromatic rings. The van der Waals surface area contributed by atoms with Crippen molar-refractivity contribution in [3.63, 3.8) is 0 Å². The van der Waals surface area contributed by atoms with Crippen LogP contribution in [-0.2, 0) is 11.2 Å². The van der Waals surface area contributed by atoms with Crippen molar-refractivity contribution in [1.82, 2.24) is 9.88 Å². The Morgan fingerprint density at radius 1 is 1.10 bits per heavy atom. The molecule has 31 heavy (non-hydrogen) atoms. The van der Waals surface area contributed by atoms with Crippen molar-refractivity contribution in [2.24, 2.45) is 5.92 Å². The fraction of sp³-hybridized carbons (Fsp3) is 0.391. The third-order valence-electron chi connectivity index (χ3n) is 6.03. The highest BCUT2D eigenvalue weighted by Gasteiger charge is 2.21. The fourth-order valence-corrected chi connectivity index (χ4v) is 4.32. The Morgan fingerprint density at radius 2 is 1.94 bits per heavy atom. The first kappa shape index (κ1) is 19.7. The van der Waals surface area contributed by atoms with Gasteiger partial charge >= 0.3 is 5.76 Å². The van der Waals surface area contributed by atoms with Gasteiger partial charge in [-0.1, -0.05) is 6.07 Å². The number of carbonyl (C=O) groups excluding carboxylic acids is 1. The molecule has 0 radical (unpaired) electrons. The fourth-order valence-electron chi connectivity index (χ4n) is 4.32. The first-order valence-corrected chi connectivity index (χ1v) is 10.7. The van der Waals surface area contributed by atoms with Gasteiger partial charge < -0.3 is 24.1 Å². The second-order valence-electron chi connectivity index (χ2n) is 8.20. The number of benzene rings is 2. The molecular weight excluding hydrogens is 398 g/mol. The first-order valence-electron chi connectivity index (χ1n) is 10.7. The molecule has 1 amide bonds. The molecule has 1 saturated heterocycles. The van der Waals surface area contributed by atoms with Crippen LogP contribution in [0.4, 0.5) is 5.69 Å². The lowest BCUT2D eigenvalue weighted by atomic mass is 9.90. The zero-order chi connectivity index (χ0) is 21.2. The molecule has 0 atom stereocenters. The number of nitrogens with one attached hydrogen (secondary N) is 2. The maximum absolute atomic E-state index is 12.3. The Hall–Kier alpha value is -3.26. The number of hydrogen-bond acceptors (Lipinski definition) is 6. The highest BCUT2D eigenvalue weighted by Crippen LogP contribution is 2.34. The van der Waals surface area contributed by atoms with E-state index in [9.17, 15) is 9.59 Å². The minimum atomic E-state index is -0.500. The lowest BCUT2D eigenvalue weighted by Gasteiger charge is -2.31. The third kappa shape index (κ3) is 4.59. The smallest absolute Gasteiger partial charge is 0.417 e. The summed E-state index contributed by atoms with van der Waals surface area (Å²) < 4.78 is 15.9. The summed E-state index contributed by atoms with van der Waals surface area (Å²) in [5.74, 6) is 1.78. The summed E-state index contributed by atoms with van der Waals surface area (Å²) in [7, 11) is 0. The van der Waals surface area contributed by atoms with E-state index in [1.807, 2.05) is 6.07 Å². The van der Waals surface area contributed by atoms with Crippen LogP contribution in [0.1, 0.15) is 24.8 Å². The molecule has 0 saturated carbocycles. The Labute approximate surface area is 179 Å². The van der Waals surface area contributed by atoms with E-state index < -0.39 is 5.76 Å². The highest BCUT2D eigenvalue weighted by molar-refractivity contribution is 5.92. The molecular formula is C23H25N3O5. The minimum Gasteiger partial charge on any atom is -0.454 e. The van der Waals surface area contributed by atoms with Gasteiger partial charge in [0.1, 0.15) is 0 Å². The summed E-state index contributed by atoms with van der Waals surface area (Å²) in [6.45, 7) is 3.05. The number of anilines is 1. The van der Waals surface area contributed by atoms with E-state index in [-0.39, 0.29) is 5.91 Å². The Morgan fingerprint density at radius 3 is 2.81 bits per heavy atom. The zero-order valence-electron chi connectivity index (χ0n) is 17.2. The van der Waals surface area contributed by atoms with Gasteiger partial charge in [-0.2, -0.15) is 0 Å². The highest BCUT2D eigenvalue weighted by atomic mass is 16.7. The van der Waals surface area contributed by atoms with E-state index in [4.69, 9.17) is 13.9 Å². The second-order valence-corrected chi connectivity index (χ2v) is 8.20. The van der Waals surface area contributed by atoms with Gasteiger partial charge in [-0.15, -0.1) is 0 Å². The number of oxazole rings is 1. The predicted molar refractivity (Wildman–Crippen MR) is 116 cm³/mol. The van der Waals surface area contributed by atoms with Crippen molar-refractivity contribution < 1.29 is 18.7 Å². The molecule has 0 unspecified atom stereocenters. The second kappa shape index (κ2) is 8.47. The summed E-state index contributed by atoms with van der Waals surface area (Å²) in [5, 5.41) is 2.88. The van der Waals surface area contributed by atoms with Gasteiger partial charge in [-0.05, 0) is 68.1 Å². The third-order valence-corrected chi connectivity index (χ3v) is 6.03. The van der Waals surface area contributed by atoms with Crippen molar-refractivity contribution in [2.75, 3.05) is 31.7 Å². The largest absolute Gasteiger partial charge is 0.454 e. The zero-order valence-corrected chi connectivity index (χ0v) is 17.2. The van der Waals surface area contributed by atoms with Crippen molar-refractivity contribution >= 4 is 22.7 Å². The van der Waals surface area contributed by atoms with E-state index >= 15 is 0 Å². The van der Waals surface area contributed by atoms with E-state index in [1.54, 1.807) is 18.2 Å². The number of carbonyl (C=O) groups is 1. The van der Waals surface area contributed by atoms with Gasteiger partial charge in [0.2, 0.25) is 12.7 Å². The molecule has 1 fully saturated rings. The molecule has 2 N–H and O–H groups in total. The molecule has 1 aromatic heterocycles. The van der Waals surface area contributed by atoms with Crippen LogP contribution in [0.2, 0.25) is 0 Å². The summed E-state index contributed by atoms with van der Waals surface area (Å²) in [4.78, 5) is 28.5. The molecule has 2 aliphatic heterocycles. The molecule has 2 aromatic carbocycles. The Balaban J connectivity index is 1.06. The quantitative estimate of drug-likeness (QED) is 0.632. The van der Waals surface area contributed by atoms with Gasteiger partial charge in [0, 0.05) is 24.7 Å². The SMILES string of the molecule is O=C(CCN1CCC(Cc2ccc3c(c2)OCO3)CC1)Nc1ccc2[nH]c(=O)oc2c1. The number of ether oxygens (including phenoxy) is 2. The molecule has 5 rings (SSSR count). The number of amides is 1. The summed E-state index contributed by atoms with van der Waals surface area (Å²) in [6, 6.07) is 11.4. The number of nitrogens with zero attached hydrogens (tertiary/aromatic N) is 1. The first-order chi connectivity index (χ1) is 15.1. The molecule has 162 valence electrons. The number of aromatic amines is 1. The number of aromatic nitrogens is 1. The molecule has 8 nitrogen and oxygen atoms in total. The maximum atomic E-state index is 12.3. The van der Waals surface area contributed by atoms with Crippen LogP contribution in [0.15, 0.2) is 45.6 Å². The van der Waals surface area contributed by atoms with Gasteiger partial charge in [0.15, 0.2) is 17.1 Å². The van der Waals surface area contributed by atoms with Crippen LogP contribution in [-0.4, -0.2) is 42.2 Å². The van der Waals surface area contributed by atoms with Crippen LogP contribution in [0, 0.1) is 5.92 Å². The number of hydrogen-bond donors (Lipinski definition) is 2. The van der Waals surface area contributed by atoms with E-state index in [0.29, 0.717) is 35.9 Å². The standard InChI is InChI=1S/C23H25N3O5/c27-22(24-17-2-3-18-20(13-17)31-23(28)25-18)7-10-26-8-5-15(6-9-26)11-16-1-4-19-21(12-16)30-14-29-19/h1-4,12-13,15H,5-11,14H2,(H,24,27)(H,25,28). The average molecular weight is 423 g/mol. The van der Waals surface area contributed by atoms with Gasteiger partial charge in [-0.3, -0.25) is 9.78 Å². The summed E-state index contributed by atoms with van der Waals surface area (Å²) in [6.07, 6.45) is 3.73. The average Bonchev–Trinajstić information content (AvgIpc) is 3.38. The predicted octanol–water partition coefficient (Wildman–Crippen LogP) is 3.13. The number of rotatable bonds is 6. The number of H-pyrrole nitrogens is 1.